The molecule has 0 radical (unpaired) electrons. The van der Waals surface area contributed by atoms with Crippen LogP contribution in [0.3, 0.4) is 0 Å². The summed E-state index contributed by atoms with van der Waals surface area (Å²) in [5, 5.41) is 0. The van der Waals surface area contributed by atoms with Crippen LogP contribution in [0.5, 0.6) is 0 Å². The zero-order valence-corrected chi connectivity index (χ0v) is 19.9. The van der Waals surface area contributed by atoms with Gasteiger partial charge in [0.15, 0.2) is 0 Å². The molecule has 1 aliphatic rings. The monoisotopic (exact) mass is 382 g/mol. The van der Waals surface area contributed by atoms with Crippen molar-refractivity contribution in [1.29, 1.82) is 0 Å². The summed E-state index contributed by atoms with van der Waals surface area (Å²) in [6, 6.07) is 18.4. The van der Waals surface area contributed by atoms with Crippen LogP contribution in [0.15, 0.2) is 48.5 Å². The largest absolute Gasteiger partial charge is 0.0683 e. The Hall–Kier alpha value is -1.56. The molecule has 0 heterocycles. The Morgan fingerprint density at radius 2 is 0.964 bits per heavy atom. The molecule has 1 aliphatic carbocycles. The van der Waals surface area contributed by atoms with Crippen molar-refractivity contribution in [3.8, 4) is 0 Å². The summed E-state index contributed by atoms with van der Waals surface area (Å²) < 4.78 is 0. The van der Waals surface area contributed by atoms with Crippen molar-refractivity contribution in [2.75, 3.05) is 0 Å². The highest BCUT2D eigenvalue weighted by Gasteiger charge is 2.13. The van der Waals surface area contributed by atoms with Crippen LogP contribution in [0, 0.1) is 5.92 Å². The van der Waals surface area contributed by atoms with E-state index in [-0.39, 0.29) is 0 Å². The van der Waals surface area contributed by atoms with E-state index in [0.29, 0.717) is 0 Å². The standard InChI is InChI=1S/C22H28.3C2H6/c1-2-18-8-10-20(11-9-18)17-22-14-12-21(13-15-22)16-19-6-4-3-5-7-19;3*1-2/h8-15,19H,2-7,16-17H2,1H3;3*1-2H3. The van der Waals surface area contributed by atoms with Gasteiger partial charge in [-0.2, -0.15) is 0 Å². The summed E-state index contributed by atoms with van der Waals surface area (Å²) in [4.78, 5) is 0. The molecule has 0 bridgehead atoms. The highest BCUT2D eigenvalue weighted by Crippen LogP contribution is 2.27. The minimum Gasteiger partial charge on any atom is -0.0683 e. The number of hydrogen-bond acceptors (Lipinski definition) is 0. The Morgan fingerprint density at radius 1 is 0.571 bits per heavy atom. The highest BCUT2D eigenvalue weighted by atomic mass is 14.2. The van der Waals surface area contributed by atoms with Crippen LogP contribution in [0.2, 0.25) is 0 Å². The molecule has 0 atom stereocenters. The second-order valence-corrected chi connectivity index (χ2v) is 6.87. The van der Waals surface area contributed by atoms with Gasteiger partial charge in [0.1, 0.15) is 0 Å². The average molecular weight is 383 g/mol. The second kappa shape index (κ2) is 17.5. The minimum atomic E-state index is 0.932. The summed E-state index contributed by atoms with van der Waals surface area (Å²) in [5.41, 5.74) is 5.79. The van der Waals surface area contributed by atoms with Gasteiger partial charge in [0.25, 0.3) is 0 Å². The molecule has 0 N–H and O–H groups in total. The Labute approximate surface area is 176 Å². The van der Waals surface area contributed by atoms with Crippen LogP contribution in [-0.2, 0) is 19.3 Å². The van der Waals surface area contributed by atoms with E-state index in [0.717, 1.165) is 18.8 Å². The third-order valence-electron chi connectivity index (χ3n) is 5.11. The molecule has 2 aromatic rings. The summed E-state index contributed by atoms with van der Waals surface area (Å²) in [5.74, 6) is 0.932. The molecule has 0 aliphatic heterocycles. The molecule has 0 spiro atoms. The number of hydrogen-bond donors (Lipinski definition) is 0. The van der Waals surface area contributed by atoms with Crippen molar-refractivity contribution < 1.29 is 0 Å². The van der Waals surface area contributed by atoms with Gasteiger partial charge < -0.3 is 0 Å². The van der Waals surface area contributed by atoms with Crippen molar-refractivity contribution >= 4 is 0 Å². The smallest absolute Gasteiger partial charge is 0.00258 e. The van der Waals surface area contributed by atoms with Crippen LogP contribution in [-0.4, -0.2) is 0 Å². The van der Waals surface area contributed by atoms with Crippen LogP contribution in [0.4, 0.5) is 0 Å². The normalized spacial score (nSPS) is 13.1. The van der Waals surface area contributed by atoms with E-state index < -0.39 is 0 Å². The SMILES string of the molecule is CC.CC.CC.CCc1ccc(Cc2ccc(CC3CCCCC3)cc2)cc1. The summed E-state index contributed by atoms with van der Waals surface area (Å²) >= 11 is 0. The molecular weight excluding hydrogens is 336 g/mol. The fraction of sp³-hybridized carbons (Fsp3) is 0.571. The van der Waals surface area contributed by atoms with Gasteiger partial charge in [-0.1, -0.05) is 129 Å². The van der Waals surface area contributed by atoms with E-state index in [2.05, 4.69) is 55.5 Å². The zero-order chi connectivity index (χ0) is 21.2. The van der Waals surface area contributed by atoms with Gasteiger partial charge in [-0.05, 0) is 47.4 Å². The van der Waals surface area contributed by atoms with E-state index in [4.69, 9.17) is 0 Å². The van der Waals surface area contributed by atoms with Gasteiger partial charge in [-0.15, -0.1) is 0 Å². The van der Waals surface area contributed by atoms with Crippen molar-refractivity contribution in [2.24, 2.45) is 5.92 Å². The van der Waals surface area contributed by atoms with Crippen molar-refractivity contribution in [2.45, 2.75) is 99.8 Å². The van der Waals surface area contributed by atoms with Crippen molar-refractivity contribution in [1.82, 2.24) is 0 Å². The lowest BCUT2D eigenvalue weighted by Gasteiger charge is -2.21. The second-order valence-electron chi connectivity index (χ2n) is 6.87. The quantitative estimate of drug-likeness (QED) is 0.483. The molecule has 158 valence electrons. The molecule has 1 fully saturated rings. The maximum atomic E-state index is 2.35. The Morgan fingerprint density at radius 3 is 1.39 bits per heavy atom. The van der Waals surface area contributed by atoms with Crippen LogP contribution >= 0.6 is 0 Å². The number of aryl methyl sites for hydroxylation is 1. The molecule has 0 amide bonds. The van der Waals surface area contributed by atoms with Crippen LogP contribution < -0.4 is 0 Å². The predicted octanol–water partition coefficient (Wildman–Crippen LogP) is 9.04. The molecule has 2 aromatic carbocycles. The lowest BCUT2D eigenvalue weighted by Crippen LogP contribution is -2.09. The van der Waals surface area contributed by atoms with Gasteiger partial charge in [0.2, 0.25) is 0 Å². The van der Waals surface area contributed by atoms with E-state index in [9.17, 15) is 0 Å². The minimum absolute atomic E-state index is 0.932. The van der Waals surface area contributed by atoms with E-state index in [1.807, 2.05) is 41.5 Å². The topological polar surface area (TPSA) is 0 Å². The molecule has 0 aromatic heterocycles. The van der Waals surface area contributed by atoms with Crippen molar-refractivity contribution in [3.63, 3.8) is 0 Å². The van der Waals surface area contributed by atoms with E-state index >= 15 is 0 Å². The molecular formula is C28H46. The van der Waals surface area contributed by atoms with Crippen LogP contribution in [0.1, 0.15) is 103 Å². The summed E-state index contributed by atoms with van der Waals surface area (Å²) in [7, 11) is 0. The Bertz CT molecular complexity index is 556. The molecule has 1 saturated carbocycles. The molecule has 0 saturated heterocycles. The lowest BCUT2D eigenvalue weighted by molar-refractivity contribution is 0.356. The molecule has 0 unspecified atom stereocenters. The fourth-order valence-corrected chi connectivity index (χ4v) is 3.65. The third-order valence-corrected chi connectivity index (χ3v) is 5.11. The van der Waals surface area contributed by atoms with Gasteiger partial charge >= 0.3 is 0 Å². The first-order valence-electron chi connectivity index (χ1n) is 12.0. The van der Waals surface area contributed by atoms with Crippen molar-refractivity contribution in [3.05, 3.63) is 70.8 Å². The number of rotatable bonds is 5. The maximum absolute atomic E-state index is 2.35. The molecule has 28 heavy (non-hydrogen) atoms. The van der Waals surface area contributed by atoms with E-state index in [1.54, 1.807) is 0 Å². The average Bonchev–Trinajstić information content (AvgIpc) is 2.80. The molecule has 0 heteroatoms. The lowest BCUT2D eigenvalue weighted by atomic mass is 9.85. The first-order chi connectivity index (χ1) is 13.8. The van der Waals surface area contributed by atoms with Gasteiger partial charge in [-0.25, -0.2) is 0 Å². The van der Waals surface area contributed by atoms with Gasteiger partial charge in [-0.3, -0.25) is 0 Å². The third kappa shape index (κ3) is 10.1. The van der Waals surface area contributed by atoms with Gasteiger partial charge in [0, 0.05) is 0 Å². The fourth-order valence-electron chi connectivity index (χ4n) is 3.65. The summed E-state index contributed by atoms with van der Waals surface area (Å²) in [6.45, 7) is 14.2. The Kier molecular flexibility index (Phi) is 16.6. The first-order valence-corrected chi connectivity index (χ1v) is 12.0. The molecule has 0 nitrogen and oxygen atoms in total. The number of benzene rings is 2. The Balaban J connectivity index is 0.00000111. The first kappa shape index (κ1) is 26.4. The molecule has 3 rings (SSSR count). The highest BCUT2D eigenvalue weighted by molar-refractivity contribution is 5.30. The van der Waals surface area contributed by atoms with Crippen LogP contribution in [0.25, 0.3) is 0 Å². The predicted molar refractivity (Wildman–Crippen MR) is 129 cm³/mol. The summed E-state index contributed by atoms with van der Waals surface area (Å²) in [6.07, 6.45) is 10.7. The zero-order valence-electron chi connectivity index (χ0n) is 19.9. The van der Waals surface area contributed by atoms with E-state index in [1.165, 1.54) is 60.8 Å². The van der Waals surface area contributed by atoms with Gasteiger partial charge in [0.05, 0.1) is 0 Å². The maximum Gasteiger partial charge on any atom is -0.00258 e.